The maximum atomic E-state index is 11.7. The van der Waals surface area contributed by atoms with Crippen molar-refractivity contribution in [3.63, 3.8) is 0 Å². The molecule has 0 spiro atoms. The smallest absolute Gasteiger partial charge is 0.237 e. The Morgan fingerprint density at radius 2 is 1.85 bits per heavy atom. The van der Waals surface area contributed by atoms with Crippen LogP contribution in [-0.2, 0) is 14.8 Å². The third kappa shape index (κ3) is 8.04. The maximum Gasteiger partial charge on any atom is 0.237 e. The molecule has 0 saturated heterocycles. The average molecular weight is 330 g/mol. The van der Waals surface area contributed by atoms with Gasteiger partial charge in [-0.15, -0.1) is 12.4 Å². The van der Waals surface area contributed by atoms with Crippen molar-refractivity contribution >= 4 is 28.3 Å². The van der Waals surface area contributed by atoms with Crippen LogP contribution in [0, 0.1) is 5.41 Å². The molecule has 0 aliphatic carbocycles. The molecular formula is C12H28ClN3O3S. The summed E-state index contributed by atoms with van der Waals surface area (Å²) in [5.74, 6) is -0.199. The zero-order chi connectivity index (χ0) is 15.3. The molecular weight excluding hydrogens is 302 g/mol. The van der Waals surface area contributed by atoms with Gasteiger partial charge in [0.2, 0.25) is 15.9 Å². The van der Waals surface area contributed by atoms with Gasteiger partial charge in [-0.3, -0.25) is 4.79 Å². The summed E-state index contributed by atoms with van der Waals surface area (Å²) >= 11 is 0. The normalized spacial score (nSPS) is 13.8. The van der Waals surface area contributed by atoms with Crippen LogP contribution in [-0.4, -0.2) is 50.6 Å². The second-order valence-corrected chi connectivity index (χ2v) is 7.73. The Morgan fingerprint density at radius 1 is 1.35 bits per heavy atom. The Labute approximate surface area is 128 Å². The zero-order valence-corrected chi connectivity index (χ0v) is 14.6. The molecule has 0 aliphatic heterocycles. The quantitative estimate of drug-likeness (QED) is 0.668. The van der Waals surface area contributed by atoms with Crippen LogP contribution in [0.25, 0.3) is 0 Å². The highest BCUT2D eigenvalue weighted by molar-refractivity contribution is 7.88. The van der Waals surface area contributed by atoms with Crippen molar-refractivity contribution in [2.24, 2.45) is 11.1 Å². The highest BCUT2D eigenvalue weighted by Gasteiger charge is 2.27. The molecule has 0 aromatic heterocycles. The average Bonchev–Trinajstić information content (AvgIpc) is 2.24. The number of nitrogens with two attached hydrogens (primary N) is 1. The SMILES string of the molecule is CCN(CCCNC(=O)[C@@H](N)C(C)(C)C)S(C)(=O)=O.Cl. The second kappa shape index (κ2) is 8.81. The van der Waals surface area contributed by atoms with E-state index in [4.69, 9.17) is 5.73 Å². The molecule has 0 heterocycles. The van der Waals surface area contributed by atoms with Crippen molar-refractivity contribution in [3.8, 4) is 0 Å². The van der Waals surface area contributed by atoms with E-state index in [1.54, 1.807) is 6.92 Å². The first-order valence-corrected chi connectivity index (χ1v) is 8.33. The van der Waals surface area contributed by atoms with Crippen LogP contribution >= 0.6 is 12.4 Å². The van der Waals surface area contributed by atoms with Crippen LogP contribution in [0.4, 0.5) is 0 Å². The molecule has 0 unspecified atom stereocenters. The predicted octanol–water partition coefficient (Wildman–Crippen LogP) is 0.569. The number of nitrogens with zero attached hydrogens (tertiary/aromatic N) is 1. The lowest BCUT2D eigenvalue weighted by Gasteiger charge is -2.26. The largest absolute Gasteiger partial charge is 0.355 e. The van der Waals surface area contributed by atoms with E-state index in [0.29, 0.717) is 26.1 Å². The van der Waals surface area contributed by atoms with Crippen molar-refractivity contribution in [1.82, 2.24) is 9.62 Å². The lowest BCUT2D eigenvalue weighted by Crippen LogP contribution is -2.49. The molecule has 8 heteroatoms. The molecule has 1 atom stereocenters. The Kier molecular flexibility index (Phi) is 9.66. The third-order valence-electron chi connectivity index (χ3n) is 2.92. The van der Waals surface area contributed by atoms with Crippen LogP contribution in [0.3, 0.4) is 0 Å². The van der Waals surface area contributed by atoms with Gasteiger partial charge >= 0.3 is 0 Å². The van der Waals surface area contributed by atoms with Gasteiger partial charge in [-0.2, -0.15) is 0 Å². The van der Waals surface area contributed by atoms with Crippen LogP contribution in [0.5, 0.6) is 0 Å². The number of hydrogen-bond donors (Lipinski definition) is 2. The van der Waals surface area contributed by atoms with E-state index in [-0.39, 0.29) is 23.7 Å². The third-order valence-corrected chi connectivity index (χ3v) is 4.30. The van der Waals surface area contributed by atoms with Crippen LogP contribution in [0.15, 0.2) is 0 Å². The molecule has 1 amide bonds. The standard InChI is InChI=1S/C12H27N3O3S.ClH/c1-6-15(19(5,17)18)9-7-8-14-11(16)10(13)12(2,3)4;/h10H,6-9,13H2,1-5H3,(H,14,16);1H/t10-;/m1./s1. The van der Waals surface area contributed by atoms with Gasteiger partial charge < -0.3 is 11.1 Å². The summed E-state index contributed by atoms with van der Waals surface area (Å²) in [5.41, 5.74) is 5.53. The summed E-state index contributed by atoms with van der Waals surface area (Å²) < 4.78 is 24.1. The van der Waals surface area contributed by atoms with E-state index in [0.717, 1.165) is 0 Å². The molecule has 0 rings (SSSR count). The van der Waals surface area contributed by atoms with Crippen LogP contribution in [0.2, 0.25) is 0 Å². The number of hydrogen-bond acceptors (Lipinski definition) is 4. The van der Waals surface area contributed by atoms with E-state index in [1.165, 1.54) is 10.6 Å². The molecule has 3 N–H and O–H groups in total. The lowest BCUT2D eigenvalue weighted by molar-refractivity contribution is -0.124. The first-order valence-electron chi connectivity index (χ1n) is 6.48. The Balaban J connectivity index is 0. The van der Waals surface area contributed by atoms with Gasteiger partial charge in [0.25, 0.3) is 0 Å². The van der Waals surface area contributed by atoms with Gasteiger partial charge in [0.1, 0.15) is 0 Å². The fourth-order valence-electron chi connectivity index (χ4n) is 1.53. The highest BCUT2D eigenvalue weighted by atomic mass is 35.5. The van der Waals surface area contributed by atoms with E-state index in [9.17, 15) is 13.2 Å². The van der Waals surface area contributed by atoms with E-state index < -0.39 is 16.1 Å². The maximum absolute atomic E-state index is 11.7. The first kappa shape index (κ1) is 21.9. The van der Waals surface area contributed by atoms with Crippen molar-refractivity contribution in [3.05, 3.63) is 0 Å². The molecule has 6 nitrogen and oxygen atoms in total. The second-order valence-electron chi connectivity index (χ2n) is 5.74. The Bertz CT molecular complexity index is 393. The van der Waals surface area contributed by atoms with Crippen molar-refractivity contribution in [1.29, 1.82) is 0 Å². The van der Waals surface area contributed by atoms with Gasteiger partial charge in [0.15, 0.2) is 0 Å². The molecule has 0 bridgehead atoms. The monoisotopic (exact) mass is 329 g/mol. The molecule has 0 aromatic rings. The molecule has 0 saturated carbocycles. The number of carbonyl (C=O) groups excluding carboxylic acids is 1. The summed E-state index contributed by atoms with van der Waals surface area (Å²) in [6, 6.07) is -0.565. The summed E-state index contributed by atoms with van der Waals surface area (Å²) in [5, 5.41) is 2.73. The van der Waals surface area contributed by atoms with Crippen molar-refractivity contribution < 1.29 is 13.2 Å². The summed E-state index contributed by atoms with van der Waals surface area (Å²) in [6.07, 6.45) is 1.76. The number of halogens is 1. The molecule has 122 valence electrons. The molecule has 0 aliphatic rings. The summed E-state index contributed by atoms with van der Waals surface area (Å²) in [4.78, 5) is 11.7. The Hall–Kier alpha value is -0.370. The minimum atomic E-state index is -3.16. The van der Waals surface area contributed by atoms with Gasteiger partial charge in [0, 0.05) is 19.6 Å². The van der Waals surface area contributed by atoms with Gasteiger partial charge in [0.05, 0.1) is 12.3 Å². The number of nitrogens with one attached hydrogen (secondary N) is 1. The van der Waals surface area contributed by atoms with Crippen LogP contribution in [0.1, 0.15) is 34.1 Å². The predicted molar refractivity (Wildman–Crippen MR) is 84.4 cm³/mol. The minimum absolute atomic E-state index is 0. The van der Waals surface area contributed by atoms with Gasteiger partial charge in [-0.1, -0.05) is 27.7 Å². The molecule has 0 radical (unpaired) electrons. The van der Waals surface area contributed by atoms with Gasteiger partial charge in [-0.05, 0) is 11.8 Å². The highest BCUT2D eigenvalue weighted by Crippen LogP contribution is 2.17. The van der Waals surface area contributed by atoms with Crippen molar-refractivity contribution in [2.45, 2.75) is 40.2 Å². The van der Waals surface area contributed by atoms with E-state index in [1.807, 2.05) is 20.8 Å². The number of sulfonamides is 1. The lowest BCUT2D eigenvalue weighted by atomic mass is 9.87. The number of rotatable bonds is 7. The minimum Gasteiger partial charge on any atom is -0.355 e. The van der Waals surface area contributed by atoms with E-state index in [2.05, 4.69) is 5.32 Å². The van der Waals surface area contributed by atoms with Gasteiger partial charge in [-0.25, -0.2) is 12.7 Å². The summed E-state index contributed by atoms with van der Waals surface area (Å²) in [6.45, 7) is 8.76. The van der Waals surface area contributed by atoms with E-state index >= 15 is 0 Å². The molecule has 0 aromatic carbocycles. The fraction of sp³-hybridized carbons (Fsp3) is 0.917. The summed E-state index contributed by atoms with van der Waals surface area (Å²) in [7, 11) is -3.16. The molecule has 20 heavy (non-hydrogen) atoms. The number of amides is 1. The van der Waals surface area contributed by atoms with Crippen molar-refractivity contribution in [2.75, 3.05) is 25.9 Å². The zero-order valence-electron chi connectivity index (χ0n) is 13.0. The fourth-order valence-corrected chi connectivity index (χ4v) is 2.46. The van der Waals surface area contributed by atoms with Crippen LogP contribution < -0.4 is 11.1 Å². The molecule has 0 fully saturated rings. The topological polar surface area (TPSA) is 92.5 Å². The number of carbonyl (C=O) groups is 1. The Morgan fingerprint density at radius 3 is 2.20 bits per heavy atom. The first-order chi connectivity index (χ1) is 8.50.